The first-order chi connectivity index (χ1) is 7.81. The molecule has 1 N–H and O–H groups in total. The van der Waals surface area contributed by atoms with Gasteiger partial charge in [0.25, 0.3) is 0 Å². The lowest BCUT2D eigenvalue weighted by atomic mass is 10.2. The van der Waals surface area contributed by atoms with Crippen molar-refractivity contribution in [3.05, 3.63) is 22.4 Å². The van der Waals surface area contributed by atoms with E-state index >= 15 is 0 Å². The van der Waals surface area contributed by atoms with Crippen LogP contribution in [0.15, 0.2) is 16.7 Å². The third-order valence-electron chi connectivity index (χ3n) is 2.61. The summed E-state index contributed by atoms with van der Waals surface area (Å²) < 4.78 is 6.24. The van der Waals surface area contributed by atoms with E-state index in [0.29, 0.717) is 0 Å². The SMILES string of the molecule is CNCc1nc(Br)ccc1N1CCOCC1. The summed E-state index contributed by atoms with van der Waals surface area (Å²) in [4.78, 5) is 6.84. The summed E-state index contributed by atoms with van der Waals surface area (Å²) in [6, 6.07) is 4.11. The van der Waals surface area contributed by atoms with Gasteiger partial charge in [-0.3, -0.25) is 0 Å². The second-order valence-electron chi connectivity index (χ2n) is 3.73. The molecule has 0 radical (unpaired) electrons. The lowest BCUT2D eigenvalue weighted by Crippen LogP contribution is -2.37. The maximum absolute atomic E-state index is 5.36. The molecule has 5 heteroatoms. The second-order valence-corrected chi connectivity index (χ2v) is 4.54. The van der Waals surface area contributed by atoms with Crippen LogP contribution in [-0.2, 0) is 11.3 Å². The number of nitrogens with zero attached hydrogens (tertiary/aromatic N) is 2. The normalized spacial score (nSPS) is 16.5. The van der Waals surface area contributed by atoms with E-state index in [0.717, 1.165) is 43.1 Å². The molecule has 0 unspecified atom stereocenters. The number of hydrogen-bond acceptors (Lipinski definition) is 4. The van der Waals surface area contributed by atoms with Gasteiger partial charge in [-0.1, -0.05) is 0 Å². The second kappa shape index (κ2) is 5.61. The van der Waals surface area contributed by atoms with E-state index in [1.807, 2.05) is 13.1 Å². The first kappa shape index (κ1) is 11.8. The highest BCUT2D eigenvalue weighted by Gasteiger charge is 2.15. The molecule has 1 aliphatic rings. The molecule has 0 atom stereocenters. The number of anilines is 1. The van der Waals surface area contributed by atoms with Crippen LogP contribution in [0.5, 0.6) is 0 Å². The average molecular weight is 286 g/mol. The highest BCUT2D eigenvalue weighted by atomic mass is 79.9. The Morgan fingerprint density at radius 1 is 1.44 bits per heavy atom. The van der Waals surface area contributed by atoms with Crippen LogP contribution in [0.25, 0.3) is 0 Å². The highest BCUT2D eigenvalue weighted by molar-refractivity contribution is 9.10. The van der Waals surface area contributed by atoms with Gasteiger partial charge in [0.05, 0.1) is 24.6 Å². The van der Waals surface area contributed by atoms with Crippen molar-refractivity contribution in [2.45, 2.75) is 6.54 Å². The van der Waals surface area contributed by atoms with Crippen molar-refractivity contribution in [3.63, 3.8) is 0 Å². The van der Waals surface area contributed by atoms with Gasteiger partial charge >= 0.3 is 0 Å². The molecule has 1 aromatic rings. The molecule has 2 heterocycles. The molecule has 0 saturated carbocycles. The third-order valence-corrected chi connectivity index (χ3v) is 3.05. The molecule has 2 rings (SSSR count). The van der Waals surface area contributed by atoms with Crippen molar-refractivity contribution in [1.82, 2.24) is 10.3 Å². The van der Waals surface area contributed by atoms with Crippen molar-refractivity contribution in [2.75, 3.05) is 38.3 Å². The van der Waals surface area contributed by atoms with Gasteiger partial charge < -0.3 is 15.0 Å². The van der Waals surface area contributed by atoms with Gasteiger partial charge in [0, 0.05) is 19.6 Å². The standard InChI is InChI=1S/C11H16BrN3O/c1-13-8-9-10(2-3-11(12)14-9)15-4-6-16-7-5-15/h2-3,13H,4-8H2,1H3. The summed E-state index contributed by atoms with van der Waals surface area (Å²) in [5, 5.41) is 3.15. The molecule has 16 heavy (non-hydrogen) atoms. The lowest BCUT2D eigenvalue weighted by Gasteiger charge is -2.30. The fourth-order valence-electron chi connectivity index (χ4n) is 1.86. The molecule has 0 aromatic carbocycles. The molecule has 0 aliphatic carbocycles. The fourth-order valence-corrected chi connectivity index (χ4v) is 2.20. The fraction of sp³-hybridized carbons (Fsp3) is 0.545. The Balaban J connectivity index is 2.23. The van der Waals surface area contributed by atoms with Gasteiger partial charge in [0.2, 0.25) is 0 Å². The number of halogens is 1. The van der Waals surface area contributed by atoms with Crippen LogP contribution >= 0.6 is 15.9 Å². The zero-order valence-corrected chi connectivity index (χ0v) is 11.0. The molecule has 1 aliphatic heterocycles. The van der Waals surface area contributed by atoms with E-state index in [-0.39, 0.29) is 0 Å². The van der Waals surface area contributed by atoms with E-state index in [4.69, 9.17) is 4.74 Å². The lowest BCUT2D eigenvalue weighted by molar-refractivity contribution is 0.122. The van der Waals surface area contributed by atoms with Crippen LogP contribution in [-0.4, -0.2) is 38.3 Å². The minimum absolute atomic E-state index is 0.784. The van der Waals surface area contributed by atoms with E-state index in [2.05, 4.69) is 37.2 Å². The molecule has 0 amide bonds. The van der Waals surface area contributed by atoms with Gasteiger partial charge in [-0.2, -0.15) is 0 Å². The smallest absolute Gasteiger partial charge is 0.106 e. The minimum atomic E-state index is 0.784. The number of pyridine rings is 1. The Morgan fingerprint density at radius 2 is 2.19 bits per heavy atom. The maximum atomic E-state index is 5.36. The van der Waals surface area contributed by atoms with E-state index < -0.39 is 0 Å². The predicted molar refractivity (Wildman–Crippen MR) is 67.7 cm³/mol. The quantitative estimate of drug-likeness (QED) is 0.852. The molecule has 1 saturated heterocycles. The van der Waals surface area contributed by atoms with Crippen molar-refractivity contribution >= 4 is 21.6 Å². The molecule has 0 spiro atoms. The van der Waals surface area contributed by atoms with Crippen LogP contribution in [0.3, 0.4) is 0 Å². The average Bonchev–Trinajstić information content (AvgIpc) is 2.31. The van der Waals surface area contributed by atoms with Gasteiger partial charge in [0.15, 0.2) is 0 Å². The van der Waals surface area contributed by atoms with Crippen LogP contribution < -0.4 is 10.2 Å². The van der Waals surface area contributed by atoms with Crippen molar-refractivity contribution in [1.29, 1.82) is 0 Å². The Morgan fingerprint density at radius 3 is 2.88 bits per heavy atom. The van der Waals surface area contributed by atoms with Crippen molar-refractivity contribution in [3.8, 4) is 0 Å². The Labute approximate surface area is 104 Å². The zero-order valence-electron chi connectivity index (χ0n) is 9.37. The molecular weight excluding hydrogens is 270 g/mol. The van der Waals surface area contributed by atoms with E-state index in [1.54, 1.807) is 0 Å². The Kier molecular flexibility index (Phi) is 4.15. The van der Waals surface area contributed by atoms with Gasteiger partial charge in [0.1, 0.15) is 4.60 Å². The van der Waals surface area contributed by atoms with Gasteiger partial charge in [-0.15, -0.1) is 0 Å². The number of morpholine rings is 1. The number of nitrogens with one attached hydrogen (secondary N) is 1. The largest absolute Gasteiger partial charge is 0.378 e. The van der Waals surface area contributed by atoms with E-state index in [9.17, 15) is 0 Å². The Bertz CT molecular complexity index is 353. The number of rotatable bonds is 3. The molecule has 4 nitrogen and oxygen atoms in total. The summed E-state index contributed by atoms with van der Waals surface area (Å²) in [6.45, 7) is 4.27. The maximum Gasteiger partial charge on any atom is 0.106 e. The predicted octanol–water partition coefficient (Wildman–Crippen LogP) is 1.40. The van der Waals surface area contributed by atoms with Gasteiger partial charge in [-0.05, 0) is 35.1 Å². The first-order valence-corrected chi connectivity index (χ1v) is 6.23. The summed E-state index contributed by atoms with van der Waals surface area (Å²) in [5.41, 5.74) is 2.29. The topological polar surface area (TPSA) is 37.4 Å². The minimum Gasteiger partial charge on any atom is -0.378 e. The number of aromatic nitrogens is 1. The van der Waals surface area contributed by atoms with E-state index in [1.165, 1.54) is 5.69 Å². The van der Waals surface area contributed by atoms with Crippen molar-refractivity contribution in [2.24, 2.45) is 0 Å². The summed E-state index contributed by atoms with van der Waals surface area (Å²) in [7, 11) is 1.94. The molecule has 1 fully saturated rings. The molecule has 0 bridgehead atoms. The van der Waals surface area contributed by atoms with Crippen LogP contribution in [0.2, 0.25) is 0 Å². The summed E-state index contributed by atoms with van der Waals surface area (Å²) >= 11 is 3.41. The molecule has 1 aromatic heterocycles. The summed E-state index contributed by atoms with van der Waals surface area (Å²) in [5.74, 6) is 0. The van der Waals surface area contributed by atoms with Crippen LogP contribution in [0.1, 0.15) is 5.69 Å². The Hall–Kier alpha value is -0.650. The first-order valence-electron chi connectivity index (χ1n) is 5.44. The van der Waals surface area contributed by atoms with Crippen LogP contribution in [0, 0.1) is 0 Å². The van der Waals surface area contributed by atoms with Crippen molar-refractivity contribution < 1.29 is 4.74 Å². The molecular formula is C11H16BrN3O. The molecule has 88 valence electrons. The number of hydrogen-bond donors (Lipinski definition) is 1. The highest BCUT2D eigenvalue weighted by Crippen LogP contribution is 2.22. The van der Waals surface area contributed by atoms with Crippen LogP contribution in [0.4, 0.5) is 5.69 Å². The monoisotopic (exact) mass is 285 g/mol. The number of ether oxygens (including phenoxy) is 1. The summed E-state index contributed by atoms with van der Waals surface area (Å²) in [6.07, 6.45) is 0. The third kappa shape index (κ3) is 2.72. The van der Waals surface area contributed by atoms with Gasteiger partial charge in [-0.25, -0.2) is 4.98 Å². The zero-order chi connectivity index (χ0) is 11.4.